The number of nitrogens with two attached hydrogens (primary N) is 1. The second kappa shape index (κ2) is 6.26. The molecule has 0 saturated carbocycles. The normalized spacial score (nSPS) is 14.8. The zero-order valence-corrected chi connectivity index (χ0v) is 8.88. The molecule has 3 nitrogen and oxygen atoms in total. The number of carbonyl (C=O) groups excluding carboxylic acids is 1. The Morgan fingerprint density at radius 1 is 1.60 bits per heavy atom. The number of esters is 1. The first-order valence-corrected chi connectivity index (χ1v) is 2.59. The molecule has 0 rings (SSSR count). The van der Waals surface area contributed by atoms with Crippen molar-refractivity contribution in [2.75, 3.05) is 7.11 Å². The van der Waals surface area contributed by atoms with E-state index in [2.05, 4.69) is 18.6 Å². The molecule has 0 spiro atoms. The van der Waals surface area contributed by atoms with E-state index in [4.69, 9.17) is 5.73 Å². The summed E-state index contributed by atoms with van der Waals surface area (Å²) in [5.41, 5.74) is 5.24. The Morgan fingerprint density at radius 3 is 2.10 bits per heavy atom. The minimum absolute atomic E-state index is 0. The van der Waals surface area contributed by atoms with Crippen LogP contribution in [0.4, 0.5) is 0 Å². The Hall–Kier alpha value is 0.534. The number of methoxy groups -OCH3 is 1. The fourth-order valence-electron chi connectivity index (χ4n) is 0.326. The predicted molar refractivity (Wildman–Crippen MR) is 34.2 cm³/mol. The van der Waals surface area contributed by atoms with Crippen LogP contribution in [0.25, 0.3) is 0 Å². The van der Waals surface area contributed by atoms with Crippen LogP contribution in [0.1, 0.15) is 0 Å². The molecule has 10 heavy (non-hydrogen) atoms. The Labute approximate surface area is 86.6 Å². The molecule has 0 aliphatic carbocycles. The minimum Gasteiger partial charge on any atom is -0.471 e. The van der Waals surface area contributed by atoms with Gasteiger partial charge in [-0.25, -0.2) is 0 Å². The second-order valence-corrected chi connectivity index (χ2v) is 1.79. The third-order valence-corrected chi connectivity index (χ3v) is 1.02. The average molecular weight is 218 g/mol. The standard InChI is InChI=1S/C6H11NO2.Y/c1-4(5(2)7)6(8)9-3;/h4-5H,1-2,7H2,3H3;/q-2;. The minimum atomic E-state index is -0.560. The van der Waals surface area contributed by atoms with Gasteiger partial charge in [-0.2, -0.15) is 0 Å². The van der Waals surface area contributed by atoms with Gasteiger partial charge in [0.25, 0.3) is 5.97 Å². The molecule has 2 atom stereocenters. The van der Waals surface area contributed by atoms with Gasteiger partial charge in [0.2, 0.25) is 0 Å². The van der Waals surface area contributed by atoms with E-state index in [9.17, 15) is 4.79 Å². The average Bonchev–Trinajstić information content (AvgIpc) is 1.84. The van der Waals surface area contributed by atoms with Crippen molar-refractivity contribution in [2.45, 2.75) is 6.04 Å². The zero-order chi connectivity index (χ0) is 7.44. The summed E-state index contributed by atoms with van der Waals surface area (Å²) < 4.78 is 4.35. The molecule has 0 bridgehead atoms. The molecule has 0 aromatic heterocycles. The van der Waals surface area contributed by atoms with Crippen LogP contribution in [-0.4, -0.2) is 19.1 Å². The van der Waals surface area contributed by atoms with Crippen LogP contribution in [0, 0.1) is 19.8 Å². The SMILES string of the molecule is [CH2-]C(N)C([CH2-])C(=O)OC.[Y]. The molecule has 2 N–H and O–H groups in total. The van der Waals surface area contributed by atoms with E-state index in [0.717, 1.165) is 0 Å². The molecular weight excluding hydrogens is 207 g/mol. The Bertz CT molecular complexity index is 106. The smallest absolute Gasteiger partial charge is 0.277 e. The van der Waals surface area contributed by atoms with Crippen molar-refractivity contribution >= 4 is 5.97 Å². The molecule has 0 fully saturated rings. The van der Waals surface area contributed by atoms with E-state index in [1.54, 1.807) is 0 Å². The molecule has 0 amide bonds. The molecule has 4 heteroatoms. The van der Waals surface area contributed by atoms with Crippen molar-refractivity contribution in [3.63, 3.8) is 0 Å². The molecule has 0 saturated heterocycles. The number of ether oxygens (including phenoxy) is 1. The summed E-state index contributed by atoms with van der Waals surface area (Å²) in [5, 5.41) is 0. The third-order valence-electron chi connectivity index (χ3n) is 1.02. The Kier molecular flexibility index (Phi) is 8.23. The van der Waals surface area contributed by atoms with Crippen LogP contribution in [0.2, 0.25) is 0 Å². The maximum atomic E-state index is 10.5. The molecule has 0 aliphatic rings. The van der Waals surface area contributed by atoms with Crippen LogP contribution in [0.15, 0.2) is 0 Å². The van der Waals surface area contributed by atoms with Crippen LogP contribution in [-0.2, 0) is 42.2 Å². The zero-order valence-electron chi connectivity index (χ0n) is 6.04. The predicted octanol–water partition coefficient (Wildman–Crippen LogP) is -0.231. The van der Waals surface area contributed by atoms with E-state index in [1.165, 1.54) is 7.11 Å². The fraction of sp³-hybridized carbons (Fsp3) is 0.500. The maximum absolute atomic E-state index is 10.5. The number of hydrogen-bond acceptors (Lipinski definition) is 3. The summed E-state index contributed by atoms with van der Waals surface area (Å²) in [6, 6.07) is -0.488. The van der Waals surface area contributed by atoms with Gasteiger partial charge in [-0.15, -0.1) is 6.04 Å². The van der Waals surface area contributed by atoms with Crippen molar-refractivity contribution < 1.29 is 42.2 Å². The Morgan fingerprint density at radius 2 is 2.00 bits per heavy atom. The summed E-state index contributed by atoms with van der Waals surface area (Å²) in [5.74, 6) is -0.979. The van der Waals surface area contributed by atoms with E-state index in [0.29, 0.717) is 0 Å². The molecule has 0 heterocycles. The summed E-state index contributed by atoms with van der Waals surface area (Å²) in [4.78, 5) is 10.5. The first kappa shape index (κ1) is 13.1. The summed E-state index contributed by atoms with van der Waals surface area (Å²) in [6.07, 6.45) is 0. The van der Waals surface area contributed by atoms with Gasteiger partial charge in [0.15, 0.2) is 0 Å². The number of hydrogen-bond donors (Lipinski definition) is 1. The van der Waals surface area contributed by atoms with Gasteiger partial charge in [-0.1, -0.05) is 5.92 Å². The van der Waals surface area contributed by atoms with E-state index >= 15 is 0 Å². The number of rotatable bonds is 2. The van der Waals surface area contributed by atoms with Crippen LogP contribution in [0.5, 0.6) is 0 Å². The quantitative estimate of drug-likeness (QED) is 0.514. The Balaban J connectivity index is 0. The molecule has 57 valence electrons. The van der Waals surface area contributed by atoms with E-state index < -0.39 is 17.9 Å². The van der Waals surface area contributed by atoms with Crippen LogP contribution >= 0.6 is 0 Å². The van der Waals surface area contributed by atoms with Crippen molar-refractivity contribution in [1.82, 2.24) is 0 Å². The molecule has 0 aliphatic heterocycles. The number of carbonyl (C=O) groups is 1. The molecular formula is C6H11NO2Y-2. The molecule has 0 aromatic rings. The monoisotopic (exact) mass is 218 g/mol. The van der Waals surface area contributed by atoms with E-state index in [-0.39, 0.29) is 32.7 Å². The van der Waals surface area contributed by atoms with Crippen molar-refractivity contribution in [3.8, 4) is 0 Å². The van der Waals surface area contributed by atoms with Crippen molar-refractivity contribution in [1.29, 1.82) is 0 Å². The van der Waals surface area contributed by atoms with Gasteiger partial charge in [0.05, 0.1) is 7.11 Å². The van der Waals surface area contributed by atoms with Gasteiger partial charge < -0.3 is 24.3 Å². The van der Waals surface area contributed by atoms with Gasteiger partial charge in [0, 0.05) is 32.7 Å². The summed E-state index contributed by atoms with van der Waals surface area (Å²) >= 11 is 0. The topological polar surface area (TPSA) is 52.3 Å². The maximum Gasteiger partial charge on any atom is 0.277 e. The van der Waals surface area contributed by atoms with Gasteiger partial charge in [-0.3, -0.25) is 4.79 Å². The van der Waals surface area contributed by atoms with Crippen LogP contribution in [0.3, 0.4) is 0 Å². The first-order valence-electron chi connectivity index (χ1n) is 2.59. The van der Waals surface area contributed by atoms with Gasteiger partial charge in [-0.05, 0) is 0 Å². The fourth-order valence-corrected chi connectivity index (χ4v) is 0.326. The van der Waals surface area contributed by atoms with Gasteiger partial charge in [0.1, 0.15) is 0 Å². The molecule has 1 radical (unpaired) electrons. The third kappa shape index (κ3) is 4.37. The van der Waals surface area contributed by atoms with Crippen LogP contribution < -0.4 is 5.73 Å². The van der Waals surface area contributed by atoms with Gasteiger partial charge >= 0.3 is 0 Å². The van der Waals surface area contributed by atoms with Crippen molar-refractivity contribution in [3.05, 3.63) is 13.8 Å². The summed E-state index contributed by atoms with van der Waals surface area (Å²) in [7, 11) is 1.29. The van der Waals surface area contributed by atoms with E-state index in [1.807, 2.05) is 0 Å². The van der Waals surface area contributed by atoms with Crippen molar-refractivity contribution in [2.24, 2.45) is 11.7 Å². The largest absolute Gasteiger partial charge is 0.471 e. The summed E-state index contributed by atoms with van der Waals surface area (Å²) in [6.45, 7) is 6.87. The molecule has 2 unspecified atom stereocenters. The molecule has 0 aromatic carbocycles. The second-order valence-electron chi connectivity index (χ2n) is 1.79. The first-order chi connectivity index (χ1) is 4.09.